The van der Waals surface area contributed by atoms with Crippen LogP contribution in [0.2, 0.25) is 0 Å². The average Bonchev–Trinajstić information content (AvgIpc) is 3.49. The third kappa shape index (κ3) is 5.79. The van der Waals surface area contributed by atoms with E-state index in [0.717, 1.165) is 38.2 Å². The fraction of sp³-hybridized carbons (Fsp3) is 0.440. The Labute approximate surface area is 189 Å². The molecule has 32 heavy (non-hydrogen) atoms. The number of nitrogens with one attached hydrogen (secondary N) is 3. The van der Waals surface area contributed by atoms with Crippen LogP contribution in [0.15, 0.2) is 54.6 Å². The molecule has 2 aromatic carbocycles. The Hall–Kier alpha value is -3.06. The van der Waals surface area contributed by atoms with Crippen molar-refractivity contribution in [3.63, 3.8) is 0 Å². The van der Waals surface area contributed by atoms with Crippen LogP contribution in [-0.4, -0.2) is 48.6 Å². The molecule has 0 bridgehead atoms. The lowest BCUT2D eigenvalue weighted by molar-refractivity contribution is -0.127. The Bertz CT molecular complexity index is 889. The number of nitrogens with zero attached hydrogens (tertiary/aromatic N) is 1. The van der Waals surface area contributed by atoms with Crippen LogP contribution in [0.1, 0.15) is 38.5 Å². The van der Waals surface area contributed by atoms with Crippen LogP contribution in [0.25, 0.3) is 0 Å². The molecule has 2 aromatic rings. The Morgan fingerprint density at radius 2 is 1.53 bits per heavy atom. The van der Waals surface area contributed by atoms with Gasteiger partial charge in [0, 0.05) is 18.8 Å². The van der Waals surface area contributed by atoms with Crippen molar-refractivity contribution in [1.82, 2.24) is 15.5 Å². The summed E-state index contributed by atoms with van der Waals surface area (Å²) in [5, 5.41) is 8.87. The van der Waals surface area contributed by atoms with Gasteiger partial charge in [-0.2, -0.15) is 0 Å². The maximum atomic E-state index is 13.0. The zero-order valence-electron chi connectivity index (χ0n) is 18.4. The van der Waals surface area contributed by atoms with Gasteiger partial charge in [0.05, 0.1) is 0 Å². The van der Waals surface area contributed by atoms with E-state index in [0.29, 0.717) is 30.8 Å². The van der Waals surface area contributed by atoms with E-state index in [4.69, 9.17) is 4.74 Å². The van der Waals surface area contributed by atoms with Crippen LogP contribution in [0.5, 0.6) is 11.5 Å². The molecule has 2 fully saturated rings. The van der Waals surface area contributed by atoms with Crippen molar-refractivity contribution in [2.24, 2.45) is 0 Å². The maximum Gasteiger partial charge on any atom is 0.320 e. The summed E-state index contributed by atoms with van der Waals surface area (Å²) in [5.41, 5.74) is -0.184. The van der Waals surface area contributed by atoms with Crippen molar-refractivity contribution in [2.45, 2.75) is 44.1 Å². The summed E-state index contributed by atoms with van der Waals surface area (Å²) in [4.78, 5) is 28.0. The number of carbonyl (C=O) groups is 2. The molecule has 1 aliphatic carbocycles. The van der Waals surface area contributed by atoms with Gasteiger partial charge in [0.15, 0.2) is 0 Å². The van der Waals surface area contributed by atoms with Crippen molar-refractivity contribution in [3.05, 3.63) is 54.6 Å². The summed E-state index contributed by atoms with van der Waals surface area (Å²) in [6, 6.07) is 16.4. The molecule has 2 aliphatic rings. The average molecular weight is 437 g/mol. The minimum absolute atomic E-state index is 0.0732. The molecule has 7 nitrogen and oxygen atoms in total. The number of para-hydroxylation sites is 1. The molecule has 1 heterocycles. The number of likely N-dealkylation sites (tertiary alicyclic amines) is 1. The van der Waals surface area contributed by atoms with E-state index in [9.17, 15) is 9.59 Å². The van der Waals surface area contributed by atoms with Crippen LogP contribution in [0.3, 0.4) is 0 Å². The second-order valence-corrected chi connectivity index (χ2v) is 8.61. The molecule has 1 aliphatic heterocycles. The van der Waals surface area contributed by atoms with Crippen molar-refractivity contribution < 1.29 is 14.3 Å². The summed E-state index contributed by atoms with van der Waals surface area (Å²) in [7, 11) is 0. The predicted molar refractivity (Wildman–Crippen MR) is 125 cm³/mol. The van der Waals surface area contributed by atoms with Crippen LogP contribution in [0, 0.1) is 0 Å². The highest BCUT2D eigenvalue weighted by Crippen LogP contribution is 2.30. The zero-order valence-corrected chi connectivity index (χ0v) is 18.4. The number of benzene rings is 2. The third-order valence-electron chi connectivity index (χ3n) is 6.25. The highest BCUT2D eigenvalue weighted by Gasteiger charge is 2.42. The summed E-state index contributed by atoms with van der Waals surface area (Å²) in [6.07, 6.45) is 5.67. The molecule has 1 saturated heterocycles. The molecule has 0 spiro atoms. The first-order valence-corrected chi connectivity index (χ1v) is 11.6. The fourth-order valence-corrected chi connectivity index (χ4v) is 4.50. The van der Waals surface area contributed by atoms with Crippen molar-refractivity contribution in [1.29, 1.82) is 0 Å². The first-order valence-electron chi connectivity index (χ1n) is 11.6. The molecule has 0 unspecified atom stereocenters. The maximum absolute atomic E-state index is 13.0. The smallest absolute Gasteiger partial charge is 0.320 e. The first kappa shape index (κ1) is 22.1. The molecule has 3 amide bonds. The Morgan fingerprint density at radius 1 is 0.875 bits per heavy atom. The molecule has 0 aromatic heterocycles. The van der Waals surface area contributed by atoms with E-state index in [1.807, 2.05) is 30.3 Å². The van der Waals surface area contributed by atoms with Crippen LogP contribution in [-0.2, 0) is 4.79 Å². The van der Waals surface area contributed by atoms with E-state index >= 15 is 0 Å². The van der Waals surface area contributed by atoms with E-state index < -0.39 is 5.54 Å². The van der Waals surface area contributed by atoms with E-state index in [1.165, 1.54) is 12.8 Å². The largest absolute Gasteiger partial charge is 0.457 e. The predicted octanol–water partition coefficient (Wildman–Crippen LogP) is 4.13. The summed E-state index contributed by atoms with van der Waals surface area (Å²) in [5.74, 6) is 1.37. The molecule has 0 atom stereocenters. The van der Waals surface area contributed by atoms with Gasteiger partial charge in [-0.15, -0.1) is 0 Å². The second kappa shape index (κ2) is 10.5. The minimum atomic E-state index is -0.828. The molecule has 7 heteroatoms. The number of rotatable bonds is 8. The number of hydrogen-bond donors (Lipinski definition) is 3. The molecule has 1 saturated carbocycles. The number of anilines is 1. The van der Waals surface area contributed by atoms with Gasteiger partial charge in [-0.05, 0) is 75.2 Å². The SMILES string of the molecule is O=C(Nc1ccc(Oc2ccccc2)cc1)NC1(C(=O)NCCN2CCCC2)CCCC1. The summed E-state index contributed by atoms with van der Waals surface area (Å²) < 4.78 is 5.78. The van der Waals surface area contributed by atoms with Gasteiger partial charge in [-0.3, -0.25) is 4.79 Å². The normalized spacial score (nSPS) is 17.6. The van der Waals surface area contributed by atoms with Gasteiger partial charge >= 0.3 is 6.03 Å². The van der Waals surface area contributed by atoms with Gasteiger partial charge < -0.3 is 25.6 Å². The van der Waals surface area contributed by atoms with Crippen LogP contribution < -0.4 is 20.7 Å². The van der Waals surface area contributed by atoms with Crippen molar-refractivity contribution in [2.75, 3.05) is 31.5 Å². The number of urea groups is 1. The number of carbonyl (C=O) groups excluding carboxylic acids is 2. The van der Waals surface area contributed by atoms with Gasteiger partial charge in [0.1, 0.15) is 17.0 Å². The Kier molecular flexibility index (Phi) is 7.27. The molecule has 4 rings (SSSR count). The summed E-state index contributed by atoms with van der Waals surface area (Å²) >= 11 is 0. The standard InChI is InChI=1S/C25H32N4O3/c30-23(26-16-19-29-17-6-7-18-29)25(14-4-5-15-25)28-24(31)27-20-10-12-22(13-11-20)32-21-8-2-1-3-9-21/h1-3,8-13H,4-7,14-19H2,(H,26,30)(H2,27,28,31). The topological polar surface area (TPSA) is 82.7 Å². The number of amides is 3. The lowest BCUT2D eigenvalue weighted by atomic mass is 9.96. The highest BCUT2D eigenvalue weighted by atomic mass is 16.5. The quantitative estimate of drug-likeness (QED) is 0.581. The molecular formula is C25H32N4O3. The third-order valence-corrected chi connectivity index (χ3v) is 6.25. The van der Waals surface area contributed by atoms with Crippen molar-refractivity contribution >= 4 is 17.6 Å². The van der Waals surface area contributed by atoms with Gasteiger partial charge in [-0.1, -0.05) is 31.0 Å². The van der Waals surface area contributed by atoms with E-state index in [1.54, 1.807) is 24.3 Å². The lowest BCUT2D eigenvalue weighted by Crippen LogP contribution is -2.58. The van der Waals surface area contributed by atoms with Crippen molar-refractivity contribution in [3.8, 4) is 11.5 Å². The lowest BCUT2D eigenvalue weighted by Gasteiger charge is -2.29. The highest BCUT2D eigenvalue weighted by molar-refractivity contribution is 5.96. The number of ether oxygens (including phenoxy) is 1. The fourth-order valence-electron chi connectivity index (χ4n) is 4.50. The minimum Gasteiger partial charge on any atom is -0.457 e. The summed E-state index contributed by atoms with van der Waals surface area (Å²) in [6.45, 7) is 3.70. The number of hydrogen-bond acceptors (Lipinski definition) is 4. The Balaban J connectivity index is 1.29. The molecule has 170 valence electrons. The van der Waals surface area contributed by atoms with Crippen LogP contribution in [0.4, 0.5) is 10.5 Å². The van der Waals surface area contributed by atoms with E-state index in [2.05, 4.69) is 20.9 Å². The first-order chi connectivity index (χ1) is 15.6. The van der Waals surface area contributed by atoms with Gasteiger partial charge in [-0.25, -0.2) is 4.79 Å². The zero-order chi connectivity index (χ0) is 22.2. The molecule has 3 N–H and O–H groups in total. The van der Waals surface area contributed by atoms with E-state index in [-0.39, 0.29) is 11.9 Å². The monoisotopic (exact) mass is 436 g/mol. The van der Waals surface area contributed by atoms with Crippen LogP contribution >= 0.6 is 0 Å². The Morgan fingerprint density at radius 3 is 2.22 bits per heavy atom. The molecule has 0 radical (unpaired) electrons. The second-order valence-electron chi connectivity index (χ2n) is 8.61. The van der Waals surface area contributed by atoms with Gasteiger partial charge in [0.25, 0.3) is 0 Å². The van der Waals surface area contributed by atoms with Gasteiger partial charge in [0.2, 0.25) is 5.91 Å². The molecular weight excluding hydrogens is 404 g/mol.